The molecule has 152 valence electrons. The van der Waals surface area contributed by atoms with Crippen LogP contribution >= 0.6 is 11.8 Å². The topological polar surface area (TPSA) is 118 Å². The molecule has 0 radical (unpaired) electrons. The minimum Gasteiger partial charge on any atom is -0.477 e. The van der Waals surface area contributed by atoms with E-state index in [0.29, 0.717) is 24.4 Å². The van der Waals surface area contributed by atoms with Crippen molar-refractivity contribution in [2.75, 3.05) is 13.1 Å². The lowest BCUT2D eigenvalue weighted by atomic mass is 9.79. The molecular formula is C18H23N3O6S. The van der Waals surface area contributed by atoms with Gasteiger partial charge in [-0.25, -0.2) is 9.59 Å². The van der Waals surface area contributed by atoms with Crippen molar-refractivity contribution in [3.8, 4) is 0 Å². The van der Waals surface area contributed by atoms with Crippen molar-refractivity contribution in [3.05, 3.63) is 10.6 Å². The summed E-state index contributed by atoms with van der Waals surface area (Å²) in [6, 6.07) is -1.14. The normalized spacial score (nSPS) is 35.5. The maximum absolute atomic E-state index is 12.4. The van der Waals surface area contributed by atoms with E-state index in [0.717, 1.165) is 0 Å². The van der Waals surface area contributed by atoms with E-state index in [4.69, 9.17) is 0 Å². The Bertz CT molecular complexity index is 787. The van der Waals surface area contributed by atoms with Gasteiger partial charge in [-0.3, -0.25) is 14.5 Å². The number of hydrogen-bond donors (Lipinski definition) is 2. The first-order valence-corrected chi connectivity index (χ1v) is 10.3. The maximum atomic E-state index is 12.4. The van der Waals surface area contributed by atoms with Gasteiger partial charge in [-0.2, -0.15) is 0 Å². The Hall–Kier alpha value is -2.07. The Balaban J connectivity index is 1.56. The molecule has 3 saturated heterocycles. The van der Waals surface area contributed by atoms with E-state index in [-0.39, 0.29) is 40.8 Å². The first-order valence-electron chi connectivity index (χ1n) is 9.46. The molecule has 9 nitrogen and oxygen atoms in total. The van der Waals surface area contributed by atoms with Crippen molar-refractivity contribution >= 4 is 35.6 Å². The molecule has 2 N–H and O–H groups in total. The summed E-state index contributed by atoms with van der Waals surface area (Å²) in [6.07, 6.45) is -0.379. The van der Waals surface area contributed by atoms with Crippen LogP contribution in [-0.2, 0) is 14.4 Å². The highest BCUT2D eigenvalue weighted by atomic mass is 32.2. The van der Waals surface area contributed by atoms with Crippen molar-refractivity contribution in [3.63, 3.8) is 0 Å². The number of likely N-dealkylation sites (N-methyl/N-ethyl adjacent to an activating group) is 1. The van der Waals surface area contributed by atoms with Crippen LogP contribution in [0.4, 0.5) is 4.79 Å². The standard InChI is InChI=1S/C18H23N3O6S/c1-4-19-15(23)10-5-9(6-20(10)18(19)27)28-14-7(2)12-11(8(3)22)16(24)21(12)13(14)17(25)26/h7-12,22H,4-6H2,1-3H3,(H,25,26)/t7-,8?,9+,10-,11?,12?/m1/s1. The van der Waals surface area contributed by atoms with E-state index in [2.05, 4.69) is 0 Å². The number of urea groups is 1. The Morgan fingerprint density at radius 3 is 2.50 bits per heavy atom. The molecule has 6 atom stereocenters. The second-order valence-corrected chi connectivity index (χ2v) is 9.12. The van der Waals surface area contributed by atoms with Crippen molar-refractivity contribution < 1.29 is 29.4 Å². The number of nitrogens with zero attached hydrogens (tertiary/aromatic N) is 3. The van der Waals surface area contributed by atoms with Gasteiger partial charge in [-0.05, 0) is 20.3 Å². The smallest absolute Gasteiger partial charge is 0.353 e. The molecule has 0 aromatic heterocycles. The van der Waals surface area contributed by atoms with Gasteiger partial charge in [0.2, 0.25) is 5.91 Å². The highest BCUT2D eigenvalue weighted by Gasteiger charge is 2.60. The summed E-state index contributed by atoms with van der Waals surface area (Å²) >= 11 is 1.35. The Kier molecular flexibility index (Phi) is 4.46. The first kappa shape index (κ1) is 19.3. The second-order valence-electron chi connectivity index (χ2n) is 7.78. The van der Waals surface area contributed by atoms with E-state index < -0.39 is 24.0 Å². The molecule has 4 aliphatic rings. The molecule has 28 heavy (non-hydrogen) atoms. The number of rotatable bonds is 5. The summed E-state index contributed by atoms with van der Waals surface area (Å²) in [6.45, 7) is 5.88. The number of β-lactam (4-membered cyclic amide) rings is 1. The average Bonchev–Trinajstić information content (AvgIpc) is 3.20. The number of fused-ring (bicyclic) bond motifs is 2. The summed E-state index contributed by atoms with van der Waals surface area (Å²) in [7, 11) is 0. The number of amides is 4. The first-order chi connectivity index (χ1) is 13.2. The monoisotopic (exact) mass is 409 g/mol. The van der Waals surface area contributed by atoms with Crippen LogP contribution in [0.1, 0.15) is 27.2 Å². The van der Waals surface area contributed by atoms with E-state index >= 15 is 0 Å². The van der Waals surface area contributed by atoms with Gasteiger partial charge in [0.05, 0.1) is 18.1 Å². The summed E-state index contributed by atoms with van der Waals surface area (Å²) < 4.78 is 0. The zero-order chi connectivity index (χ0) is 20.5. The van der Waals surface area contributed by atoms with Crippen LogP contribution in [0.15, 0.2) is 10.6 Å². The van der Waals surface area contributed by atoms with Gasteiger partial charge in [-0.15, -0.1) is 11.8 Å². The van der Waals surface area contributed by atoms with Gasteiger partial charge in [0, 0.05) is 29.2 Å². The molecule has 4 aliphatic heterocycles. The summed E-state index contributed by atoms with van der Waals surface area (Å²) in [5.74, 6) is -2.55. The number of aliphatic hydroxyl groups excluding tert-OH is 1. The molecule has 0 aromatic rings. The number of carbonyl (C=O) groups excluding carboxylic acids is 3. The number of aliphatic hydroxyl groups is 1. The quantitative estimate of drug-likeness (QED) is 0.495. The van der Waals surface area contributed by atoms with Crippen LogP contribution in [0.5, 0.6) is 0 Å². The third-order valence-corrected chi connectivity index (χ3v) is 7.71. The molecule has 0 aromatic carbocycles. The fourth-order valence-corrected chi connectivity index (χ4v) is 6.43. The van der Waals surface area contributed by atoms with Gasteiger partial charge in [0.25, 0.3) is 5.91 Å². The van der Waals surface area contributed by atoms with Crippen LogP contribution in [0.25, 0.3) is 0 Å². The summed E-state index contributed by atoms with van der Waals surface area (Å²) in [5, 5.41) is 19.5. The van der Waals surface area contributed by atoms with Crippen molar-refractivity contribution in [1.82, 2.24) is 14.7 Å². The summed E-state index contributed by atoms with van der Waals surface area (Å²) in [5.41, 5.74) is -0.0238. The van der Waals surface area contributed by atoms with Crippen molar-refractivity contribution in [1.29, 1.82) is 0 Å². The number of carbonyl (C=O) groups is 4. The predicted molar refractivity (Wildman–Crippen MR) is 98.9 cm³/mol. The Labute approximate surface area is 166 Å². The molecule has 0 saturated carbocycles. The number of hydrogen-bond acceptors (Lipinski definition) is 6. The van der Waals surface area contributed by atoms with Crippen LogP contribution in [0.3, 0.4) is 0 Å². The predicted octanol–water partition coefficient (Wildman–Crippen LogP) is 0.298. The highest BCUT2D eigenvalue weighted by molar-refractivity contribution is 8.03. The van der Waals surface area contributed by atoms with Crippen LogP contribution in [-0.4, -0.2) is 85.3 Å². The van der Waals surface area contributed by atoms with E-state index in [1.54, 1.807) is 18.7 Å². The van der Waals surface area contributed by atoms with Gasteiger partial charge in [0.15, 0.2) is 0 Å². The number of carboxylic acid groups (broad SMARTS) is 1. The Morgan fingerprint density at radius 2 is 1.96 bits per heavy atom. The lowest BCUT2D eigenvalue weighted by Crippen LogP contribution is -2.63. The van der Waals surface area contributed by atoms with Crippen LogP contribution in [0, 0.1) is 11.8 Å². The molecule has 0 spiro atoms. The van der Waals surface area contributed by atoms with Crippen molar-refractivity contribution in [2.45, 2.75) is 50.6 Å². The fourth-order valence-electron chi connectivity index (χ4n) is 4.91. The zero-order valence-electron chi connectivity index (χ0n) is 15.9. The van der Waals surface area contributed by atoms with Crippen LogP contribution < -0.4 is 0 Å². The minimum atomic E-state index is -1.17. The molecule has 0 bridgehead atoms. The summed E-state index contributed by atoms with van der Waals surface area (Å²) in [4.78, 5) is 53.7. The third kappa shape index (κ3) is 2.43. The zero-order valence-corrected chi connectivity index (χ0v) is 16.7. The molecule has 4 rings (SSSR count). The SMILES string of the molecule is CCN1C(=O)[C@H]2C[C@H](SC3=C(C(=O)O)N4C(=O)C(C(C)O)C4[C@H]3C)CN2C1=O. The van der Waals surface area contributed by atoms with Gasteiger partial charge in [-0.1, -0.05) is 6.92 Å². The Morgan fingerprint density at radius 1 is 1.29 bits per heavy atom. The molecule has 4 amide bonds. The van der Waals surface area contributed by atoms with E-state index in [1.807, 2.05) is 6.92 Å². The van der Waals surface area contributed by atoms with Crippen molar-refractivity contribution in [2.24, 2.45) is 11.8 Å². The minimum absolute atomic E-state index is 0.0238. The molecular weight excluding hydrogens is 386 g/mol. The largest absolute Gasteiger partial charge is 0.477 e. The second kappa shape index (κ2) is 6.48. The number of carboxylic acids is 1. The van der Waals surface area contributed by atoms with Gasteiger partial charge < -0.3 is 20.0 Å². The van der Waals surface area contributed by atoms with E-state index in [9.17, 15) is 29.4 Å². The highest BCUT2D eigenvalue weighted by Crippen LogP contribution is 2.52. The van der Waals surface area contributed by atoms with Gasteiger partial charge >= 0.3 is 12.0 Å². The molecule has 3 unspecified atom stereocenters. The lowest BCUT2D eigenvalue weighted by molar-refractivity contribution is -0.163. The maximum Gasteiger partial charge on any atom is 0.353 e. The van der Waals surface area contributed by atoms with E-state index in [1.165, 1.54) is 21.6 Å². The van der Waals surface area contributed by atoms with Gasteiger partial charge in [0.1, 0.15) is 11.7 Å². The third-order valence-electron chi connectivity index (χ3n) is 6.21. The fraction of sp³-hybridized carbons (Fsp3) is 0.667. The molecule has 10 heteroatoms. The number of imide groups is 1. The molecule has 0 aliphatic carbocycles. The number of thioether (sulfide) groups is 1. The molecule has 4 heterocycles. The lowest BCUT2D eigenvalue weighted by Gasteiger charge is -2.46. The number of aliphatic carboxylic acids is 1. The van der Waals surface area contributed by atoms with Crippen LogP contribution in [0.2, 0.25) is 0 Å². The molecule has 3 fully saturated rings. The average molecular weight is 409 g/mol.